The quantitative estimate of drug-likeness (QED) is 0.884. The van der Waals surface area contributed by atoms with Gasteiger partial charge in [-0.1, -0.05) is 12.1 Å². The number of benzene rings is 1. The molecule has 0 aliphatic carbocycles. The zero-order valence-corrected chi connectivity index (χ0v) is 12.1. The van der Waals surface area contributed by atoms with Crippen molar-refractivity contribution in [3.05, 3.63) is 29.5 Å². The van der Waals surface area contributed by atoms with E-state index in [1.807, 2.05) is 24.3 Å². The van der Waals surface area contributed by atoms with Crippen molar-refractivity contribution < 1.29 is 5.11 Å². The molecular weight excluding hydrogens is 274 g/mol. The van der Waals surface area contributed by atoms with E-state index in [1.54, 1.807) is 0 Å². The summed E-state index contributed by atoms with van der Waals surface area (Å²) in [7, 11) is 0. The second-order valence-electron chi connectivity index (χ2n) is 5.30. The second-order valence-corrected chi connectivity index (χ2v) is 5.64. The molecule has 0 radical (unpaired) electrons. The SMILES string of the molecule is OCCC1CCCN(c2nc(Cl)nc3ccccc23)C1. The van der Waals surface area contributed by atoms with Crippen molar-refractivity contribution in [2.24, 2.45) is 5.92 Å². The van der Waals surface area contributed by atoms with Crippen LogP contribution in [0.4, 0.5) is 5.82 Å². The van der Waals surface area contributed by atoms with Gasteiger partial charge in [-0.3, -0.25) is 0 Å². The van der Waals surface area contributed by atoms with Gasteiger partial charge in [-0.2, -0.15) is 4.98 Å². The summed E-state index contributed by atoms with van der Waals surface area (Å²) in [6, 6.07) is 7.96. The van der Waals surface area contributed by atoms with Crippen molar-refractivity contribution >= 4 is 28.3 Å². The van der Waals surface area contributed by atoms with Crippen molar-refractivity contribution in [2.75, 3.05) is 24.6 Å². The molecule has 1 aliphatic rings. The van der Waals surface area contributed by atoms with Gasteiger partial charge in [-0.15, -0.1) is 0 Å². The minimum atomic E-state index is 0.254. The zero-order valence-electron chi connectivity index (χ0n) is 11.3. The number of aromatic nitrogens is 2. The molecule has 0 saturated carbocycles. The van der Waals surface area contributed by atoms with Gasteiger partial charge in [0, 0.05) is 25.1 Å². The van der Waals surface area contributed by atoms with Gasteiger partial charge in [0.25, 0.3) is 0 Å². The predicted molar refractivity (Wildman–Crippen MR) is 81.2 cm³/mol. The van der Waals surface area contributed by atoms with Crippen LogP contribution in [0.15, 0.2) is 24.3 Å². The number of rotatable bonds is 3. The van der Waals surface area contributed by atoms with Crippen LogP contribution in [-0.4, -0.2) is 34.8 Å². The summed E-state index contributed by atoms with van der Waals surface area (Å²) in [5, 5.41) is 10.5. The molecule has 1 aromatic heterocycles. The van der Waals surface area contributed by atoms with E-state index in [-0.39, 0.29) is 6.61 Å². The van der Waals surface area contributed by atoms with Gasteiger partial charge < -0.3 is 10.0 Å². The molecule has 1 aliphatic heterocycles. The molecule has 4 nitrogen and oxygen atoms in total. The van der Waals surface area contributed by atoms with Gasteiger partial charge in [0.2, 0.25) is 5.28 Å². The van der Waals surface area contributed by atoms with Crippen LogP contribution in [0.5, 0.6) is 0 Å². The zero-order chi connectivity index (χ0) is 13.9. The number of piperidine rings is 1. The summed E-state index contributed by atoms with van der Waals surface area (Å²) in [4.78, 5) is 11.0. The first-order valence-electron chi connectivity index (χ1n) is 7.06. The highest BCUT2D eigenvalue weighted by molar-refractivity contribution is 6.28. The third kappa shape index (κ3) is 2.72. The molecule has 1 aromatic carbocycles. The van der Waals surface area contributed by atoms with Crippen molar-refractivity contribution in [2.45, 2.75) is 19.3 Å². The maximum atomic E-state index is 9.13. The van der Waals surface area contributed by atoms with Crippen LogP contribution in [-0.2, 0) is 0 Å². The highest BCUT2D eigenvalue weighted by Crippen LogP contribution is 2.29. The molecule has 106 valence electrons. The minimum Gasteiger partial charge on any atom is -0.396 e. The molecular formula is C15H18ClN3O. The van der Waals surface area contributed by atoms with Crippen molar-refractivity contribution in [1.82, 2.24) is 9.97 Å². The van der Waals surface area contributed by atoms with Crippen LogP contribution >= 0.6 is 11.6 Å². The summed E-state index contributed by atoms with van der Waals surface area (Å²) in [6.45, 7) is 2.17. The molecule has 1 N–H and O–H groups in total. The molecule has 1 fully saturated rings. The summed E-state index contributed by atoms with van der Waals surface area (Å²) in [5.74, 6) is 1.45. The molecule has 20 heavy (non-hydrogen) atoms. The Labute approximate surface area is 123 Å². The molecule has 2 heterocycles. The van der Waals surface area contributed by atoms with Crippen LogP contribution in [0.3, 0.4) is 0 Å². The topological polar surface area (TPSA) is 49.2 Å². The van der Waals surface area contributed by atoms with Crippen LogP contribution < -0.4 is 4.90 Å². The fraction of sp³-hybridized carbons (Fsp3) is 0.467. The van der Waals surface area contributed by atoms with E-state index in [4.69, 9.17) is 16.7 Å². The van der Waals surface area contributed by atoms with Crippen LogP contribution in [0.25, 0.3) is 10.9 Å². The predicted octanol–water partition coefficient (Wildman–Crippen LogP) is 2.88. The highest BCUT2D eigenvalue weighted by atomic mass is 35.5. The Morgan fingerprint density at radius 3 is 3.00 bits per heavy atom. The van der Waals surface area contributed by atoms with E-state index < -0.39 is 0 Å². The summed E-state index contributed by atoms with van der Waals surface area (Å²) in [5.41, 5.74) is 0.881. The Morgan fingerprint density at radius 2 is 2.15 bits per heavy atom. The maximum absolute atomic E-state index is 9.13. The van der Waals surface area contributed by atoms with Crippen molar-refractivity contribution in [1.29, 1.82) is 0 Å². The summed E-state index contributed by atoms with van der Waals surface area (Å²) < 4.78 is 0. The average Bonchev–Trinajstić information content (AvgIpc) is 2.47. The van der Waals surface area contributed by atoms with E-state index in [2.05, 4.69) is 14.9 Å². The fourth-order valence-electron chi connectivity index (χ4n) is 2.95. The lowest BCUT2D eigenvalue weighted by Gasteiger charge is -2.34. The molecule has 5 heteroatoms. The van der Waals surface area contributed by atoms with E-state index in [0.717, 1.165) is 42.7 Å². The standard InChI is InChI=1S/C15H18ClN3O/c16-15-17-13-6-2-1-5-12(13)14(18-15)19-8-3-4-11(10-19)7-9-20/h1-2,5-6,11,20H,3-4,7-10H2. The van der Waals surface area contributed by atoms with E-state index >= 15 is 0 Å². The maximum Gasteiger partial charge on any atom is 0.224 e. The first-order valence-corrected chi connectivity index (χ1v) is 7.44. The molecule has 0 spiro atoms. The van der Waals surface area contributed by atoms with E-state index in [1.165, 1.54) is 6.42 Å². The van der Waals surface area contributed by atoms with Gasteiger partial charge in [0.15, 0.2) is 0 Å². The lowest BCUT2D eigenvalue weighted by atomic mass is 9.95. The lowest BCUT2D eigenvalue weighted by Crippen LogP contribution is -2.36. The van der Waals surface area contributed by atoms with Gasteiger partial charge in [-0.05, 0) is 48.9 Å². The van der Waals surface area contributed by atoms with Crippen LogP contribution in [0.1, 0.15) is 19.3 Å². The molecule has 0 bridgehead atoms. The van der Waals surface area contributed by atoms with Crippen molar-refractivity contribution in [3.8, 4) is 0 Å². The van der Waals surface area contributed by atoms with Crippen LogP contribution in [0.2, 0.25) is 5.28 Å². The summed E-state index contributed by atoms with van der Waals surface area (Å²) >= 11 is 6.05. The molecule has 1 saturated heterocycles. The van der Waals surface area contributed by atoms with Gasteiger partial charge in [0.1, 0.15) is 5.82 Å². The number of aliphatic hydroxyl groups is 1. The number of anilines is 1. The highest BCUT2D eigenvalue weighted by Gasteiger charge is 2.22. The largest absolute Gasteiger partial charge is 0.396 e. The third-order valence-electron chi connectivity index (χ3n) is 3.91. The number of fused-ring (bicyclic) bond motifs is 1. The van der Waals surface area contributed by atoms with Gasteiger partial charge >= 0.3 is 0 Å². The number of aliphatic hydroxyl groups excluding tert-OH is 1. The minimum absolute atomic E-state index is 0.254. The van der Waals surface area contributed by atoms with Gasteiger partial charge in [-0.25, -0.2) is 4.98 Å². The average molecular weight is 292 g/mol. The monoisotopic (exact) mass is 291 g/mol. The molecule has 1 atom stereocenters. The summed E-state index contributed by atoms with van der Waals surface area (Å²) in [6.07, 6.45) is 3.15. The molecule has 0 amide bonds. The Bertz CT molecular complexity index is 603. The fourth-order valence-corrected chi connectivity index (χ4v) is 3.12. The van der Waals surface area contributed by atoms with E-state index in [9.17, 15) is 0 Å². The number of hydrogen-bond donors (Lipinski definition) is 1. The van der Waals surface area contributed by atoms with E-state index in [0.29, 0.717) is 11.2 Å². The second kappa shape index (κ2) is 5.94. The third-order valence-corrected chi connectivity index (χ3v) is 4.08. The number of para-hydroxylation sites is 1. The van der Waals surface area contributed by atoms with Crippen LogP contribution in [0, 0.1) is 5.92 Å². The number of nitrogens with zero attached hydrogens (tertiary/aromatic N) is 3. The van der Waals surface area contributed by atoms with Gasteiger partial charge in [0.05, 0.1) is 5.52 Å². The Kier molecular flexibility index (Phi) is 4.03. The first-order chi connectivity index (χ1) is 9.78. The normalized spacial score (nSPS) is 19.5. The molecule has 1 unspecified atom stereocenters. The number of hydrogen-bond acceptors (Lipinski definition) is 4. The molecule has 2 aromatic rings. The Hall–Kier alpha value is -1.39. The Balaban J connectivity index is 1.96. The first kappa shape index (κ1) is 13.6. The number of halogens is 1. The molecule has 3 rings (SSSR count). The lowest BCUT2D eigenvalue weighted by molar-refractivity contribution is 0.244. The van der Waals surface area contributed by atoms with Crippen molar-refractivity contribution in [3.63, 3.8) is 0 Å². The Morgan fingerprint density at radius 1 is 1.30 bits per heavy atom. The smallest absolute Gasteiger partial charge is 0.224 e.